The third-order valence-electron chi connectivity index (χ3n) is 2.25. The zero-order valence-corrected chi connectivity index (χ0v) is 10.8. The molecule has 0 aliphatic rings. The highest BCUT2D eigenvalue weighted by Crippen LogP contribution is 2.15. The third-order valence-corrected chi connectivity index (χ3v) is 3.58. The molecule has 98 valence electrons. The zero-order chi connectivity index (χ0) is 12.9. The van der Waals surface area contributed by atoms with Crippen molar-refractivity contribution in [1.29, 1.82) is 0 Å². The number of rotatable bonds is 7. The monoisotopic (exact) mass is 262 g/mol. The summed E-state index contributed by atoms with van der Waals surface area (Å²) in [4.78, 5) is 0. The van der Waals surface area contributed by atoms with E-state index >= 15 is 0 Å². The van der Waals surface area contributed by atoms with Crippen molar-refractivity contribution in [1.82, 2.24) is 9.78 Å². The first-order valence-corrected chi connectivity index (χ1v) is 6.85. The maximum Gasteiger partial charge on any atom is 0.233 e. The van der Waals surface area contributed by atoms with Gasteiger partial charge in [-0.25, -0.2) is 8.42 Å². The van der Waals surface area contributed by atoms with Crippen molar-refractivity contribution in [3.63, 3.8) is 0 Å². The van der Waals surface area contributed by atoms with Gasteiger partial charge in [0, 0.05) is 32.9 Å². The van der Waals surface area contributed by atoms with E-state index in [2.05, 4.69) is 9.82 Å². The molecule has 0 atom stereocenters. The second-order valence-corrected chi connectivity index (χ2v) is 5.46. The summed E-state index contributed by atoms with van der Waals surface area (Å²) in [6.07, 6.45) is 1.99. The molecule has 0 amide bonds. The molecular weight excluding hydrogens is 244 g/mol. The Kier molecular flexibility index (Phi) is 4.91. The number of ether oxygens (including phenoxy) is 1. The number of nitrogens with one attached hydrogen (secondary N) is 1. The molecule has 0 radical (unpaired) electrons. The highest BCUT2D eigenvalue weighted by molar-refractivity contribution is 7.92. The van der Waals surface area contributed by atoms with Gasteiger partial charge in [0.1, 0.15) is 5.82 Å². The molecule has 17 heavy (non-hydrogen) atoms. The van der Waals surface area contributed by atoms with Crippen LogP contribution in [0.2, 0.25) is 0 Å². The summed E-state index contributed by atoms with van der Waals surface area (Å²) in [6, 6.07) is 0. The van der Waals surface area contributed by atoms with Crippen molar-refractivity contribution in [3.05, 3.63) is 11.8 Å². The Morgan fingerprint density at radius 2 is 2.29 bits per heavy atom. The maximum absolute atomic E-state index is 11.7. The molecule has 1 rings (SSSR count). The van der Waals surface area contributed by atoms with E-state index in [9.17, 15) is 8.42 Å². The summed E-state index contributed by atoms with van der Waals surface area (Å²) in [5, 5.41) is 3.95. The van der Waals surface area contributed by atoms with Crippen LogP contribution in [0, 0.1) is 0 Å². The molecule has 0 unspecified atom stereocenters. The standard InChI is InChI=1S/C9H18N4O3S/c1-13-9(8(6-10)7-11-13)12-17(14,15)5-3-4-16-2/h7,12H,3-6,10H2,1-2H3. The summed E-state index contributed by atoms with van der Waals surface area (Å²) < 4.78 is 32.2. The van der Waals surface area contributed by atoms with Crippen LogP contribution in [0.5, 0.6) is 0 Å². The molecule has 0 aliphatic heterocycles. The number of sulfonamides is 1. The minimum Gasteiger partial charge on any atom is -0.385 e. The number of anilines is 1. The van der Waals surface area contributed by atoms with E-state index in [1.807, 2.05) is 0 Å². The lowest BCUT2D eigenvalue weighted by Crippen LogP contribution is -2.20. The van der Waals surface area contributed by atoms with Gasteiger partial charge in [-0.05, 0) is 6.42 Å². The average molecular weight is 262 g/mol. The van der Waals surface area contributed by atoms with Gasteiger partial charge in [-0.1, -0.05) is 0 Å². The predicted octanol–water partition coefficient (Wildman–Crippen LogP) is -0.343. The zero-order valence-electron chi connectivity index (χ0n) is 10.0. The average Bonchev–Trinajstić information content (AvgIpc) is 2.60. The number of aromatic nitrogens is 2. The van der Waals surface area contributed by atoms with Crippen LogP contribution in [-0.2, 0) is 28.4 Å². The van der Waals surface area contributed by atoms with Gasteiger partial charge in [0.05, 0.1) is 11.9 Å². The molecule has 0 saturated heterocycles. The van der Waals surface area contributed by atoms with Gasteiger partial charge in [-0.2, -0.15) is 5.10 Å². The van der Waals surface area contributed by atoms with Crippen LogP contribution in [0.4, 0.5) is 5.82 Å². The van der Waals surface area contributed by atoms with Crippen molar-refractivity contribution in [2.75, 3.05) is 24.2 Å². The minimum atomic E-state index is -3.38. The largest absolute Gasteiger partial charge is 0.385 e. The molecule has 0 spiro atoms. The molecule has 7 nitrogen and oxygen atoms in total. The maximum atomic E-state index is 11.7. The van der Waals surface area contributed by atoms with Crippen molar-refractivity contribution in [2.24, 2.45) is 12.8 Å². The molecule has 3 N–H and O–H groups in total. The summed E-state index contributed by atoms with van der Waals surface area (Å²) >= 11 is 0. The number of hydrogen-bond donors (Lipinski definition) is 2. The van der Waals surface area contributed by atoms with Gasteiger partial charge in [0.25, 0.3) is 0 Å². The van der Waals surface area contributed by atoms with Gasteiger partial charge in [-0.15, -0.1) is 0 Å². The van der Waals surface area contributed by atoms with Crippen LogP contribution in [0.3, 0.4) is 0 Å². The number of aryl methyl sites for hydroxylation is 1. The summed E-state index contributed by atoms with van der Waals surface area (Å²) in [7, 11) is -0.184. The SMILES string of the molecule is COCCCS(=O)(=O)Nc1c(CN)cnn1C. The van der Waals surface area contributed by atoms with E-state index in [0.29, 0.717) is 24.4 Å². The van der Waals surface area contributed by atoms with Gasteiger partial charge in [0.15, 0.2) is 0 Å². The molecule has 0 bridgehead atoms. The van der Waals surface area contributed by atoms with Gasteiger partial charge in [0.2, 0.25) is 10.0 Å². The van der Waals surface area contributed by atoms with Crippen molar-refractivity contribution >= 4 is 15.8 Å². The molecule has 1 heterocycles. The Hall–Kier alpha value is -1.12. The van der Waals surface area contributed by atoms with Crippen LogP contribution in [0.25, 0.3) is 0 Å². The van der Waals surface area contributed by atoms with Crippen LogP contribution in [-0.4, -0.2) is 37.7 Å². The highest BCUT2D eigenvalue weighted by atomic mass is 32.2. The van der Waals surface area contributed by atoms with E-state index in [-0.39, 0.29) is 12.3 Å². The second kappa shape index (κ2) is 5.99. The third kappa shape index (κ3) is 3.99. The number of methoxy groups -OCH3 is 1. The number of hydrogen-bond acceptors (Lipinski definition) is 5. The van der Waals surface area contributed by atoms with Gasteiger partial charge >= 0.3 is 0 Å². The first kappa shape index (κ1) is 13.9. The molecule has 8 heteroatoms. The Balaban J connectivity index is 2.72. The molecule has 0 saturated carbocycles. The van der Waals surface area contributed by atoms with Crippen LogP contribution in [0.1, 0.15) is 12.0 Å². The fourth-order valence-corrected chi connectivity index (χ4v) is 2.51. The quantitative estimate of drug-likeness (QED) is 0.655. The van der Waals surface area contributed by atoms with Crippen LogP contribution >= 0.6 is 0 Å². The molecule has 1 aromatic rings. The van der Waals surface area contributed by atoms with Gasteiger partial charge < -0.3 is 10.5 Å². The van der Waals surface area contributed by atoms with E-state index < -0.39 is 10.0 Å². The molecule has 0 fully saturated rings. The molecule has 0 aliphatic carbocycles. The summed E-state index contributed by atoms with van der Waals surface area (Å²) in [6.45, 7) is 0.653. The summed E-state index contributed by atoms with van der Waals surface area (Å²) in [5.74, 6) is 0.431. The summed E-state index contributed by atoms with van der Waals surface area (Å²) in [5.41, 5.74) is 6.17. The Labute approximate surface area is 101 Å². The lowest BCUT2D eigenvalue weighted by Gasteiger charge is -2.09. The van der Waals surface area contributed by atoms with Crippen molar-refractivity contribution in [2.45, 2.75) is 13.0 Å². The Bertz CT molecular complexity index is 455. The topological polar surface area (TPSA) is 99.2 Å². The molecular formula is C9H18N4O3S. The smallest absolute Gasteiger partial charge is 0.233 e. The first-order valence-electron chi connectivity index (χ1n) is 5.20. The predicted molar refractivity (Wildman–Crippen MR) is 65.0 cm³/mol. The van der Waals surface area contributed by atoms with Crippen molar-refractivity contribution in [3.8, 4) is 0 Å². The first-order chi connectivity index (χ1) is 8.00. The lowest BCUT2D eigenvalue weighted by molar-refractivity contribution is 0.199. The van der Waals surface area contributed by atoms with Gasteiger partial charge in [-0.3, -0.25) is 9.40 Å². The van der Waals surface area contributed by atoms with E-state index in [0.717, 1.165) is 0 Å². The van der Waals surface area contributed by atoms with Crippen LogP contribution < -0.4 is 10.5 Å². The highest BCUT2D eigenvalue weighted by Gasteiger charge is 2.15. The lowest BCUT2D eigenvalue weighted by atomic mass is 10.3. The Morgan fingerprint density at radius 3 is 2.88 bits per heavy atom. The van der Waals surface area contributed by atoms with Crippen LogP contribution in [0.15, 0.2) is 6.20 Å². The Morgan fingerprint density at radius 1 is 1.59 bits per heavy atom. The second-order valence-electron chi connectivity index (χ2n) is 3.61. The molecule has 0 aromatic carbocycles. The van der Waals surface area contributed by atoms with E-state index in [4.69, 9.17) is 10.5 Å². The minimum absolute atomic E-state index is 0.00995. The number of nitrogens with zero attached hydrogens (tertiary/aromatic N) is 2. The fourth-order valence-electron chi connectivity index (χ4n) is 1.36. The van der Waals surface area contributed by atoms with E-state index in [1.54, 1.807) is 13.2 Å². The van der Waals surface area contributed by atoms with E-state index in [1.165, 1.54) is 11.8 Å². The number of nitrogens with two attached hydrogens (primary N) is 1. The fraction of sp³-hybridized carbons (Fsp3) is 0.667. The van der Waals surface area contributed by atoms with Crippen molar-refractivity contribution < 1.29 is 13.2 Å². The molecule has 1 aromatic heterocycles. The normalized spacial score (nSPS) is 11.7.